The van der Waals surface area contributed by atoms with Crippen LogP contribution in [0.1, 0.15) is 0 Å². The van der Waals surface area contributed by atoms with Crippen LogP contribution in [-0.4, -0.2) is 73.2 Å². The topological polar surface area (TPSA) is 91.4 Å². The van der Waals surface area contributed by atoms with Gasteiger partial charge in [0.25, 0.3) is 0 Å². The quantitative estimate of drug-likeness (QED) is 0.266. The zero-order valence-electron chi connectivity index (χ0n) is 9.43. The van der Waals surface area contributed by atoms with Gasteiger partial charge in [-0.2, -0.15) is 0 Å². The Morgan fingerprint density at radius 3 is 2.56 bits per heavy atom. The summed E-state index contributed by atoms with van der Waals surface area (Å²) in [6.07, 6.45) is 0. The van der Waals surface area contributed by atoms with Crippen molar-refractivity contribution in [3.8, 4) is 0 Å². The van der Waals surface area contributed by atoms with E-state index in [4.69, 9.17) is 15.7 Å². The van der Waals surface area contributed by atoms with Crippen LogP contribution in [-0.2, 0) is 9.53 Å². The summed E-state index contributed by atoms with van der Waals surface area (Å²) >= 11 is 0. The van der Waals surface area contributed by atoms with Crippen LogP contribution in [0, 0.1) is 0 Å². The molecule has 1 aliphatic rings. The molecule has 0 aromatic rings. The van der Waals surface area contributed by atoms with E-state index in [2.05, 4.69) is 5.16 Å². The number of hydrogen-bond acceptors (Lipinski definition) is 5. The third-order valence-electron chi connectivity index (χ3n) is 2.51. The number of ether oxygens (including phenoxy) is 1. The zero-order valence-corrected chi connectivity index (χ0v) is 9.43. The first kappa shape index (κ1) is 12.7. The number of nitrogens with two attached hydrogens (primary N) is 1. The normalized spacial score (nSPS) is 18.8. The van der Waals surface area contributed by atoms with Crippen LogP contribution in [0.5, 0.6) is 0 Å². The Balaban J connectivity index is 2.31. The molecule has 0 spiro atoms. The number of rotatable bonds is 4. The number of piperazine rings is 1. The van der Waals surface area contributed by atoms with Crippen LogP contribution in [0.15, 0.2) is 5.16 Å². The second-order valence-electron chi connectivity index (χ2n) is 3.68. The molecule has 1 rings (SSSR count). The Morgan fingerprint density at radius 1 is 1.44 bits per heavy atom. The molecule has 1 amide bonds. The Morgan fingerprint density at radius 2 is 2.06 bits per heavy atom. The predicted molar refractivity (Wildman–Crippen MR) is 58.3 cm³/mol. The fourth-order valence-corrected chi connectivity index (χ4v) is 1.63. The molecule has 1 saturated heterocycles. The lowest BCUT2D eigenvalue weighted by atomic mass is 10.3. The van der Waals surface area contributed by atoms with Gasteiger partial charge in [0.2, 0.25) is 5.91 Å². The molecule has 1 heterocycles. The average Bonchev–Trinajstić information content (AvgIpc) is 2.30. The van der Waals surface area contributed by atoms with E-state index >= 15 is 0 Å². The molecule has 92 valence electrons. The third-order valence-corrected chi connectivity index (χ3v) is 2.51. The minimum atomic E-state index is 0.00551. The molecule has 7 heteroatoms. The van der Waals surface area contributed by atoms with Crippen molar-refractivity contribution in [3.05, 3.63) is 0 Å². The predicted octanol–water partition coefficient (Wildman–Crippen LogP) is -1.48. The largest absolute Gasteiger partial charge is 0.409 e. The second kappa shape index (κ2) is 6.29. The first-order valence-electron chi connectivity index (χ1n) is 5.13. The first-order valence-corrected chi connectivity index (χ1v) is 5.13. The summed E-state index contributed by atoms with van der Waals surface area (Å²) in [5, 5.41) is 11.3. The summed E-state index contributed by atoms with van der Waals surface area (Å²) in [5.74, 6) is 0.197. The monoisotopic (exact) mass is 230 g/mol. The summed E-state index contributed by atoms with van der Waals surface area (Å²) in [7, 11) is 1.51. The van der Waals surface area contributed by atoms with Crippen molar-refractivity contribution in [1.29, 1.82) is 0 Å². The SMILES string of the molecule is COCC(=O)N1CCN(CC(N)=NO)CC1. The highest BCUT2D eigenvalue weighted by molar-refractivity contribution is 5.81. The van der Waals surface area contributed by atoms with Gasteiger partial charge in [-0.3, -0.25) is 9.69 Å². The molecule has 1 fully saturated rings. The summed E-state index contributed by atoms with van der Waals surface area (Å²) in [6.45, 7) is 3.32. The maximum absolute atomic E-state index is 11.5. The van der Waals surface area contributed by atoms with Gasteiger partial charge in [-0.25, -0.2) is 0 Å². The molecule has 3 N–H and O–H groups in total. The van der Waals surface area contributed by atoms with Gasteiger partial charge in [-0.15, -0.1) is 0 Å². The van der Waals surface area contributed by atoms with E-state index in [1.54, 1.807) is 4.90 Å². The van der Waals surface area contributed by atoms with E-state index in [-0.39, 0.29) is 18.3 Å². The van der Waals surface area contributed by atoms with Crippen molar-refractivity contribution in [2.24, 2.45) is 10.9 Å². The molecule has 0 radical (unpaired) electrons. The number of carbonyl (C=O) groups is 1. The van der Waals surface area contributed by atoms with Crippen molar-refractivity contribution >= 4 is 11.7 Å². The van der Waals surface area contributed by atoms with Gasteiger partial charge < -0.3 is 20.6 Å². The standard InChI is InChI=1S/C9H18N4O3/c1-16-7-9(14)13-4-2-12(3-5-13)6-8(10)11-15/h15H,2-7H2,1H3,(H2,10,11). The molecule has 0 atom stereocenters. The highest BCUT2D eigenvalue weighted by atomic mass is 16.5. The van der Waals surface area contributed by atoms with Crippen LogP contribution < -0.4 is 5.73 Å². The second-order valence-corrected chi connectivity index (χ2v) is 3.68. The third kappa shape index (κ3) is 3.67. The Labute approximate surface area is 94.4 Å². The van der Waals surface area contributed by atoms with E-state index in [1.165, 1.54) is 7.11 Å². The smallest absolute Gasteiger partial charge is 0.248 e. The molecule has 16 heavy (non-hydrogen) atoms. The lowest BCUT2D eigenvalue weighted by Crippen LogP contribution is -2.51. The van der Waals surface area contributed by atoms with Gasteiger partial charge in [0.1, 0.15) is 6.61 Å². The van der Waals surface area contributed by atoms with Gasteiger partial charge in [0, 0.05) is 33.3 Å². The Kier molecular flexibility index (Phi) is 5.00. The highest BCUT2D eigenvalue weighted by Crippen LogP contribution is 2.01. The van der Waals surface area contributed by atoms with Crippen molar-refractivity contribution in [1.82, 2.24) is 9.80 Å². The van der Waals surface area contributed by atoms with Crippen LogP contribution in [0.3, 0.4) is 0 Å². The maximum Gasteiger partial charge on any atom is 0.248 e. The van der Waals surface area contributed by atoms with Gasteiger partial charge in [0.15, 0.2) is 5.84 Å². The van der Waals surface area contributed by atoms with Crippen molar-refractivity contribution < 1.29 is 14.7 Å². The Bertz CT molecular complexity index is 261. The average molecular weight is 230 g/mol. The number of oxime groups is 1. The fourth-order valence-electron chi connectivity index (χ4n) is 1.63. The van der Waals surface area contributed by atoms with Crippen molar-refractivity contribution in [2.45, 2.75) is 0 Å². The van der Waals surface area contributed by atoms with Crippen LogP contribution in [0.4, 0.5) is 0 Å². The van der Waals surface area contributed by atoms with Crippen LogP contribution in [0.25, 0.3) is 0 Å². The molecule has 0 aromatic heterocycles. The summed E-state index contributed by atoms with van der Waals surface area (Å²) in [5.41, 5.74) is 5.40. The number of amides is 1. The maximum atomic E-state index is 11.5. The molecule has 0 saturated carbocycles. The lowest BCUT2D eigenvalue weighted by molar-refractivity contribution is -0.136. The van der Waals surface area contributed by atoms with Crippen molar-refractivity contribution in [3.63, 3.8) is 0 Å². The van der Waals surface area contributed by atoms with Crippen LogP contribution in [0.2, 0.25) is 0 Å². The summed E-state index contributed by atoms with van der Waals surface area (Å²) in [6, 6.07) is 0. The molecular weight excluding hydrogens is 212 g/mol. The van der Waals surface area contributed by atoms with Gasteiger partial charge in [0.05, 0.1) is 6.54 Å². The number of methoxy groups -OCH3 is 1. The first-order chi connectivity index (χ1) is 7.67. The molecule has 0 aliphatic carbocycles. The molecule has 0 unspecified atom stereocenters. The van der Waals surface area contributed by atoms with E-state index < -0.39 is 0 Å². The van der Waals surface area contributed by atoms with E-state index in [1.807, 2.05) is 4.90 Å². The Hall–Kier alpha value is -1.34. The van der Waals surface area contributed by atoms with Gasteiger partial charge in [-0.05, 0) is 0 Å². The van der Waals surface area contributed by atoms with E-state index in [0.717, 1.165) is 13.1 Å². The minimum absolute atomic E-state index is 0.00551. The lowest BCUT2D eigenvalue weighted by Gasteiger charge is -2.34. The molecule has 1 aliphatic heterocycles. The minimum Gasteiger partial charge on any atom is -0.409 e. The summed E-state index contributed by atoms with van der Waals surface area (Å²) in [4.78, 5) is 15.3. The van der Waals surface area contributed by atoms with Crippen molar-refractivity contribution in [2.75, 3.05) is 46.4 Å². The van der Waals surface area contributed by atoms with Gasteiger partial charge in [-0.1, -0.05) is 5.16 Å². The van der Waals surface area contributed by atoms with Gasteiger partial charge >= 0.3 is 0 Å². The van der Waals surface area contributed by atoms with Crippen LogP contribution >= 0.6 is 0 Å². The summed E-state index contributed by atoms with van der Waals surface area (Å²) < 4.78 is 4.79. The number of amidine groups is 1. The van der Waals surface area contributed by atoms with E-state index in [9.17, 15) is 4.79 Å². The molecule has 7 nitrogen and oxygen atoms in total. The highest BCUT2D eigenvalue weighted by Gasteiger charge is 2.21. The number of carbonyl (C=O) groups excluding carboxylic acids is 1. The van der Waals surface area contributed by atoms with E-state index in [0.29, 0.717) is 19.6 Å². The number of nitrogens with zero attached hydrogens (tertiary/aromatic N) is 3. The molecular formula is C9H18N4O3. The number of hydrogen-bond donors (Lipinski definition) is 2. The zero-order chi connectivity index (χ0) is 12.0. The molecule has 0 bridgehead atoms. The fraction of sp³-hybridized carbons (Fsp3) is 0.778. The molecule has 0 aromatic carbocycles.